The summed E-state index contributed by atoms with van der Waals surface area (Å²) in [5.74, 6) is -0.582. The molecule has 1 aliphatic carbocycles. The van der Waals surface area contributed by atoms with Crippen molar-refractivity contribution in [2.24, 2.45) is 5.92 Å². The molecule has 1 aromatic heterocycles. The zero-order valence-electron chi connectivity index (χ0n) is 19.4. The van der Waals surface area contributed by atoms with Gasteiger partial charge in [-0.1, -0.05) is 43.2 Å². The Kier molecular flexibility index (Phi) is 7.25. The third-order valence-electron chi connectivity index (χ3n) is 6.12. The molecule has 1 heterocycles. The fourth-order valence-corrected chi connectivity index (χ4v) is 5.76. The Balaban J connectivity index is 1.58. The van der Waals surface area contributed by atoms with Gasteiger partial charge in [0.15, 0.2) is 12.2 Å². The second-order valence-corrected chi connectivity index (χ2v) is 12.5. The fourth-order valence-electron chi connectivity index (χ4n) is 3.99. The molecule has 186 valence electrons. The lowest BCUT2D eigenvalue weighted by Crippen LogP contribution is -2.59. The van der Waals surface area contributed by atoms with E-state index in [2.05, 4.69) is 15.0 Å². The molecule has 4 rings (SSSR count). The summed E-state index contributed by atoms with van der Waals surface area (Å²) in [4.78, 5) is 17.3. The van der Waals surface area contributed by atoms with Gasteiger partial charge < -0.3 is 19.8 Å². The summed E-state index contributed by atoms with van der Waals surface area (Å²) in [7, 11) is -6.42. The molecular weight excluding hydrogens is 469 g/mol. The lowest BCUT2D eigenvalue weighted by atomic mass is 9.76. The minimum atomic E-state index is -4.69. The van der Waals surface area contributed by atoms with Crippen LogP contribution in [0.4, 0.5) is 0 Å². The average molecular weight is 499 g/mol. The lowest BCUT2D eigenvalue weighted by Gasteiger charge is -2.42. The van der Waals surface area contributed by atoms with Crippen molar-refractivity contribution in [3.05, 3.63) is 72.8 Å². The largest absolute Gasteiger partial charge is 0.475 e. The highest BCUT2D eigenvalue weighted by atomic mass is 32.3. The van der Waals surface area contributed by atoms with E-state index in [4.69, 9.17) is 4.42 Å². The van der Waals surface area contributed by atoms with E-state index in [0.717, 1.165) is 24.7 Å². The van der Waals surface area contributed by atoms with Crippen LogP contribution >= 0.6 is 0 Å². The molecule has 5 N–H and O–H groups in total. The third-order valence-corrected chi connectivity index (χ3v) is 8.34. The molecule has 1 fully saturated rings. The van der Waals surface area contributed by atoms with Crippen LogP contribution in [0, 0.1) is 5.92 Å². The van der Waals surface area contributed by atoms with Crippen molar-refractivity contribution in [3.63, 3.8) is 0 Å². The van der Waals surface area contributed by atoms with E-state index in [1.807, 2.05) is 30.3 Å². The average Bonchev–Trinajstić information content (AvgIpc) is 3.47. The van der Waals surface area contributed by atoms with Crippen molar-refractivity contribution in [2.75, 3.05) is 6.26 Å². The van der Waals surface area contributed by atoms with Crippen LogP contribution in [0.5, 0.6) is 0 Å². The normalized spacial score (nSPS) is 16.6. The minimum Gasteiger partial charge on any atom is -0.444 e. The highest BCUT2D eigenvalue weighted by Crippen LogP contribution is 2.34. The van der Waals surface area contributed by atoms with E-state index in [-0.39, 0.29) is 11.3 Å². The van der Waals surface area contributed by atoms with Crippen molar-refractivity contribution in [3.8, 4) is 11.3 Å². The Morgan fingerprint density at radius 2 is 1.86 bits per heavy atom. The number of hydrogen-bond acceptors (Lipinski definition) is 6. The quantitative estimate of drug-likeness (QED) is 0.254. The first-order chi connectivity index (χ1) is 16.6. The molecular formula is C24H30BN3O6S. The number of rotatable bonds is 11. The number of carbonyl (C=O) groups excluding carboxylic acids is 1. The predicted molar refractivity (Wildman–Crippen MR) is 133 cm³/mol. The van der Waals surface area contributed by atoms with Crippen LogP contribution in [0.25, 0.3) is 11.3 Å². The number of nitrogens with zero attached hydrogens (tertiary/aromatic N) is 1. The van der Waals surface area contributed by atoms with Crippen LogP contribution in [0.3, 0.4) is 0 Å². The van der Waals surface area contributed by atoms with Crippen LogP contribution < -0.4 is 10.0 Å². The number of nitrogens with one attached hydrogen (secondary N) is 2. The monoisotopic (exact) mass is 499 g/mol. The standard InChI is InChI=1S/C24H30BN3O6S/c1-35(32,33,20-11-9-19(10-12-20)22-15-26-16-34-22)28-21(13-17-5-3-2-4-6-17)24(29)27-23(25(30)31)14-18-7-8-18/h2-6,9-12,15-16,18,21,23,30-31H,7-8,13-14H2,1H3,(H,27,29)(H2,28,32,33)/t21-,23?/m0/s1. The van der Waals surface area contributed by atoms with E-state index in [1.165, 1.54) is 18.5 Å². The van der Waals surface area contributed by atoms with Crippen molar-refractivity contribution in [1.29, 1.82) is 0 Å². The summed E-state index contributed by atoms with van der Waals surface area (Å²) in [6.07, 6.45) is 6.54. The van der Waals surface area contributed by atoms with Gasteiger partial charge in [-0.2, -0.15) is 4.21 Å². The van der Waals surface area contributed by atoms with Gasteiger partial charge in [-0.15, -0.1) is 9.53 Å². The molecule has 0 bridgehead atoms. The Morgan fingerprint density at radius 3 is 2.43 bits per heavy atom. The Bertz CT molecular complexity index is 1190. The number of aromatic nitrogens is 1. The van der Waals surface area contributed by atoms with Gasteiger partial charge in [0, 0.05) is 11.8 Å². The molecule has 2 atom stereocenters. The minimum absolute atomic E-state index is 0.104. The van der Waals surface area contributed by atoms with Gasteiger partial charge in [-0.25, -0.2) is 9.71 Å². The number of carbonyl (C=O) groups is 1. The zero-order valence-corrected chi connectivity index (χ0v) is 20.2. The highest BCUT2D eigenvalue weighted by molar-refractivity contribution is 8.12. The summed E-state index contributed by atoms with van der Waals surface area (Å²) in [6.45, 7) is 0. The lowest BCUT2D eigenvalue weighted by molar-refractivity contribution is -0.123. The molecule has 35 heavy (non-hydrogen) atoms. The number of amides is 1. The molecule has 0 aliphatic heterocycles. The second kappa shape index (κ2) is 10.0. The number of benzene rings is 2. The maximum atomic E-state index is 13.8. The van der Waals surface area contributed by atoms with E-state index in [0.29, 0.717) is 23.7 Å². The van der Waals surface area contributed by atoms with Crippen molar-refractivity contribution in [2.45, 2.75) is 42.6 Å². The van der Waals surface area contributed by atoms with E-state index < -0.39 is 34.5 Å². The first-order valence-electron chi connectivity index (χ1n) is 11.5. The van der Waals surface area contributed by atoms with Gasteiger partial charge in [-0.05, 0) is 48.6 Å². The summed E-state index contributed by atoms with van der Waals surface area (Å²) in [5, 5.41) is 22.2. The van der Waals surface area contributed by atoms with Crippen LogP contribution in [0.2, 0.25) is 0 Å². The summed E-state index contributed by atoms with van der Waals surface area (Å²) in [6, 6.07) is 14.3. The molecule has 9 nitrogen and oxygen atoms in total. The predicted octanol–water partition coefficient (Wildman–Crippen LogP) is 2.04. The van der Waals surface area contributed by atoms with E-state index in [1.54, 1.807) is 18.3 Å². The first kappa shape index (κ1) is 25.3. The van der Waals surface area contributed by atoms with Crippen LogP contribution in [0.15, 0.2) is 76.5 Å². The molecule has 1 saturated carbocycles. The third kappa shape index (κ3) is 6.65. The van der Waals surface area contributed by atoms with Crippen LogP contribution in [-0.4, -0.2) is 55.1 Å². The fraction of sp³-hybridized carbons (Fsp3) is 0.333. The van der Waals surface area contributed by atoms with Gasteiger partial charge in [0.25, 0.3) is 0 Å². The van der Waals surface area contributed by atoms with Crippen LogP contribution in [0.1, 0.15) is 24.8 Å². The molecule has 0 radical (unpaired) electrons. The highest BCUT2D eigenvalue weighted by Gasteiger charge is 2.36. The Hall–Kier alpha value is -2.83. The topological polar surface area (TPSA) is 145 Å². The maximum absolute atomic E-state index is 13.8. The summed E-state index contributed by atoms with van der Waals surface area (Å²) >= 11 is 0. The molecule has 3 aromatic rings. The number of oxazole rings is 1. The van der Waals surface area contributed by atoms with Gasteiger partial charge in [0.2, 0.25) is 5.91 Å². The molecule has 1 amide bonds. The van der Waals surface area contributed by atoms with Crippen molar-refractivity contribution >= 4 is 22.6 Å². The molecule has 0 saturated heterocycles. The number of hydrogen-bond donors (Lipinski definition) is 5. The van der Waals surface area contributed by atoms with Gasteiger partial charge in [0.05, 0.1) is 17.0 Å². The molecule has 1 aliphatic rings. The maximum Gasteiger partial charge on any atom is 0.475 e. The molecule has 0 spiro atoms. The van der Waals surface area contributed by atoms with Crippen molar-refractivity contribution < 1.29 is 28.0 Å². The summed E-state index contributed by atoms with van der Waals surface area (Å²) < 4.78 is 33.1. The first-order valence-corrected chi connectivity index (χ1v) is 13.8. The van der Waals surface area contributed by atoms with Gasteiger partial charge >= 0.3 is 7.12 Å². The smallest absolute Gasteiger partial charge is 0.444 e. The van der Waals surface area contributed by atoms with E-state index >= 15 is 0 Å². The Morgan fingerprint density at radius 1 is 1.17 bits per heavy atom. The SMILES string of the molecule is CS(=O)(O)(N[C@@H](Cc1ccccc1)C(=O)NC(CC1CC1)B(O)O)c1ccc(-c2cnco2)cc1. The zero-order chi connectivity index (χ0) is 25.1. The molecule has 2 aromatic carbocycles. The van der Waals surface area contributed by atoms with Crippen molar-refractivity contribution in [1.82, 2.24) is 15.0 Å². The van der Waals surface area contributed by atoms with Gasteiger partial charge in [-0.3, -0.25) is 9.35 Å². The van der Waals surface area contributed by atoms with E-state index in [9.17, 15) is 23.6 Å². The van der Waals surface area contributed by atoms with Gasteiger partial charge in [0.1, 0.15) is 6.04 Å². The Labute approximate surface area is 204 Å². The van der Waals surface area contributed by atoms with Crippen LogP contribution in [-0.2, 0) is 20.7 Å². The molecule has 11 heteroatoms. The second-order valence-electron chi connectivity index (χ2n) is 9.24. The summed E-state index contributed by atoms with van der Waals surface area (Å²) in [5.41, 5.74) is 1.47. The molecule has 1 unspecified atom stereocenters.